The topological polar surface area (TPSA) is 98.3 Å². The number of carboxylic acid groups (broad SMARTS) is 1. The second-order valence-electron chi connectivity index (χ2n) is 2.71. The van der Waals surface area contributed by atoms with Crippen molar-refractivity contribution >= 4 is 5.97 Å². The van der Waals surface area contributed by atoms with Crippen LogP contribution < -0.4 is 10.5 Å². The number of hydrogen-bond acceptors (Lipinski definition) is 5. The molecule has 1 unspecified atom stereocenters. The monoisotopic (exact) mass is 197 g/mol. The van der Waals surface area contributed by atoms with Gasteiger partial charge < -0.3 is 15.6 Å². The maximum absolute atomic E-state index is 10.5. The molecule has 0 aliphatic heterocycles. The molecular weight excluding hydrogens is 186 g/mol. The van der Waals surface area contributed by atoms with Crippen LogP contribution in [0, 0.1) is 6.92 Å². The second-order valence-corrected chi connectivity index (χ2v) is 2.71. The molecule has 0 amide bonds. The van der Waals surface area contributed by atoms with Crippen molar-refractivity contribution < 1.29 is 14.6 Å². The number of aliphatic carboxylic acids is 1. The number of nitrogens with two attached hydrogens (primary N) is 1. The van der Waals surface area contributed by atoms with Crippen molar-refractivity contribution in [1.29, 1.82) is 0 Å². The van der Waals surface area contributed by atoms with Gasteiger partial charge in [-0.1, -0.05) is 0 Å². The number of carboxylic acids is 1. The minimum atomic E-state index is -1.15. The Kier molecular flexibility index (Phi) is 2.98. The van der Waals surface area contributed by atoms with Crippen molar-refractivity contribution in [1.82, 2.24) is 9.97 Å². The van der Waals surface area contributed by atoms with E-state index in [0.717, 1.165) is 0 Å². The van der Waals surface area contributed by atoms with E-state index in [1.165, 1.54) is 13.3 Å². The summed E-state index contributed by atoms with van der Waals surface area (Å²) in [5.74, 6) is -0.768. The molecule has 0 bridgehead atoms. The largest absolute Gasteiger partial charge is 0.480 e. The highest BCUT2D eigenvalue weighted by atomic mass is 16.5. The SMILES string of the molecule is COc1ncc(C(N)C(=O)O)nc1C. The molecule has 1 heterocycles. The molecule has 0 aliphatic carbocycles. The summed E-state index contributed by atoms with van der Waals surface area (Å²) in [5.41, 5.74) is 6.09. The number of carbonyl (C=O) groups is 1. The number of methoxy groups -OCH3 is 1. The third-order valence-electron chi connectivity index (χ3n) is 1.70. The van der Waals surface area contributed by atoms with Gasteiger partial charge in [-0.25, -0.2) is 9.97 Å². The highest BCUT2D eigenvalue weighted by molar-refractivity contribution is 5.74. The maximum Gasteiger partial charge on any atom is 0.326 e. The molecule has 1 rings (SSSR count). The minimum absolute atomic E-state index is 0.218. The number of rotatable bonds is 3. The van der Waals surface area contributed by atoms with Crippen LogP contribution in [0.5, 0.6) is 5.88 Å². The minimum Gasteiger partial charge on any atom is -0.480 e. The summed E-state index contributed by atoms with van der Waals surface area (Å²) < 4.78 is 4.88. The molecule has 0 saturated heterocycles. The van der Waals surface area contributed by atoms with Crippen LogP contribution in [0.4, 0.5) is 0 Å². The summed E-state index contributed by atoms with van der Waals surface area (Å²) in [5, 5.41) is 8.63. The lowest BCUT2D eigenvalue weighted by molar-refractivity contribution is -0.138. The Morgan fingerprint density at radius 3 is 2.79 bits per heavy atom. The molecule has 0 aromatic carbocycles. The van der Waals surface area contributed by atoms with Gasteiger partial charge in [0.15, 0.2) is 0 Å². The van der Waals surface area contributed by atoms with Gasteiger partial charge in [-0.3, -0.25) is 4.79 Å². The van der Waals surface area contributed by atoms with E-state index >= 15 is 0 Å². The average Bonchev–Trinajstić information content (AvgIpc) is 2.16. The van der Waals surface area contributed by atoms with Crippen LogP contribution in [0.3, 0.4) is 0 Å². The number of ether oxygens (including phenoxy) is 1. The zero-order valence-corrected chi connectivity index (χ0v) is 7.89. The third kappa shape index (κ3) is 1.97. The molecule has 3 N–H and O–H groups in total. The van der Waals surface area contributed by atoms with Gasteiger partial charge in [-0.05, 0) is 6.92 Å². The van der Waals surface area contributed by atoms with Gasteiger partial charge in [0.1, 0.15) is 6.04 Å². The quantitative estimate of drug-likeness (QED) is 0.700. The molecule has 6 nitrogen and oxygen atoms in total. The van der Waals surface area contributed by atoms with Crippen molar-refractivity contribution in [3.05, 3.63) is 17.6 Å². The molecule has 76 valence electrons. The van der Waals surface area contributed by atoms with Gasteiger partial charge >= 0.3 is 5.97 Å². The lowest BCUT2D eigenvalue weighted by Gasteiger charge is -2.07. The highest BCUT2D eigenvalue weighted by Crippen LogP contribution is 2.14. The fourth-order valence-corrected chi connectivity index (χ4v) is 0.965. The van der Waals surface area contributed by atoms with E-state index < -0.39 is 12.0 Å². The highest BCUT2D eigenvalue weighted by Gasteiger charge is 2.17. The Labute approximate surface area is 80.7 Å². The standard InChI is InChI=1S/C8H11N3O3/c1-4-7(14-2)10-3-5(11-4)6(9)8(12)13/h3,6H,9H2,1-2H3,(H,12,13). The number of nitrogens with zero attached hydrogens (tertiary/aromatic N) is 2. The Hall–Kier alpha value is -1.69. The molecule has 6 heteroatoms. The van der Waals surface area contributed by atoms with E-state index in [2.05, 4.69) is 9.97 Å². The number of hydrogen-bond donors (Lipinski definition) is 2. The van der Waals surface area contributed by atoms with Crippen molar-refractivity contribution in [2.45, 2.75) is 13.0 Å². The Morgan fingerprint density at radius 1 is 1.71 bits per heavy atom. The van der Waals surface area contributed by atoms with Crippen molar-refractivity contribution in [3.8, 4) is 5.88 Å². The summed E-state index contributed by atoms with van der Waals surface area (Å²) in [7, 11) is 1.47. The molecule has 14 heavy (non-hydrogen) atoms. The Morgan fingerprint density at radius 2 is 2.36 bits per heavy atom. The molecule has 0 fully saturated rings. The van der Waals surface area contributed by atoms with E-state index in [0.29, 0.717) is 11.6 Å². The van der Waals surface area contributed by atoms with E-state index in [4.69, 9.17) is 15.6 Å². The van der Waals surface area contributed by atoms with E-state index in [-0.39, 0.29) is 5.69 Å². The lowest BCUT2D eigenvalue weighted by atomic mass is 10.2. The van der Waals surface area contributed by atoms with Crippen molar-refractivity contribution in [2.75, 3.05) is 7.11 Å². The van der Waals surface area contributed by atoms with Crippen LogP contribution in [0.2, 0.25) is 0 Å². The predicted octanol–water partition coefficient (Wildman–Crippen LogP) is -0.122. The normalized spacial score (nSPS) is 12.2. The zero-order chi connectivity index (χ0) is 10.7. The number of aryl methyl sites for hydroxylation is 1. The fourth-order valence-electron chi connectivity index (χ4n) is 0.965. The van der Waals surface area contributed by atoms with Gasteiger partial charge in [0.25, 0.3) is 0 Å². The molecule has 0 spiro atoms. The van der Waals surface area contributed by atoms with Gasteiger partial charge in [-0.15, -0.1) is 0 Å². The van der Waals surface area contributed by atoms with Gasteiger partial charge in [0, 0.05) is 0 Å². The second kappa shape index (κ2) is 4.01. The molecule has 0 saturated carbocycles. The van der Waals surface area contributed by atoms with Crippen LogP contribution in [-0.2, 0) is 4.79 Å². The van der Waals surface area contributed by atoms with Gasteiger partial charge in [0.2, 0.25) is 5.88 Å². The average molecular weight is 197 g/mol. The van der Waals surface area contributed by atoms with Crippen LogP contribution in [0.15, 0.2) is 6.20 Å². The summed E-state index contributed by atoms with van der Waals surface area (Å²) in [6, 6.07) is -1.15. The third-order valence-corrected chi connectivity index (χ3v) is 1.70. The summed E-state index contributed by atoms with van der Waals surface area (Å²) in [4.78, 5) is 18.4. The van der Waals surface area contributed by atoms with Gasteiger partial charge in [-0.2, -0.15) is 0 Å². The summed E-state index contributed by atoms with van der Waals surface area (Å²) >= 11 is 0. The van der Waals surface area contributed by atoms with Crippen LogP contribution >= 0.6 is 0 Å². The molecule has 1 aromatic heterocycles. The van der Waals surface area contributed by atoms with E-state index in [9.17, 15) is 4.79 Å². The first-order valence-corrected chi connectivity index (χ1v) is 3.92. The predicted molar refractivity (Wildman–Crippen MR) is 47.9 cm³/mol. The number of aromatic nitrogens is 2. The van der Waals surface area contributed by atoms with Crippen molar-refractivity contribution in [3.63, 3.8) is 0 Å². The smallest absolute Gasteiger partial charge is 0.326 e. The molecular formula is C8H11N3O3. The van der Waals surface area contributed by atoms with Crippen LogP contribution in [0.1, 0.15) is 17.4 Å². The van der Waals surface area contributed by atoms with Crippen LogP contribution in [0.25, 0.3) is 0 Å². The molecule has 0 aliphatic rings. The van der Waals surface area contributed by atoms with E-state index in [1.807, 2.05) is 0 Å². The van der Waals surface area contributed by atoms with E-state index in [1.54, 1.807) is 6.92 Å². The molecule has 1 aromatic rings. The first-order valence-electron chi connectivity index (χ1n) is 3.92. The maximum atomic E-state index is 10.5. The Balaban J connectivity index is 3.02. The summed E-state index contributed by atoms with van der Waals surface area (Å²) in [6.45, 7) is 1.67. The first-order chi connectivity index (χ1) is 6.56. The zero-order valence-electron chi connectivity index (χ0n) is 7.89. The molecule has 1 atom stereocenters. The Bertz CT molecular complexity index is 354. The van der Waals surface area contributed by atoms with Gasteiger partial charge in [0.05, 0.1) is 24.7 Å². The first kappa shape index (κ1) is 10.4. The van der Waals surface area contributed by atoms with Crippen molar-refractivity contribution in [2.24, 2.45) is 5.73 Å². The lowest BCUT2D eigenvalue weighted by Crippen LogP contribution is -2.22. The van der Waals surface area contributed by atoms with Crippen LogP contribution in [-0.4, -0.2) is 28.2 Å². The fraction of sp³-hybridized carbons (Fsp3) is 0.375. The molecule has 0 radical (unpaired) electrons. The summed E-state index contributed by atoms with van der Waals surface area (Å²) in [6.07, 6.45) is 1.30.